The lowest BCUT2D eigenvalue weighted by molar-refractivity contribution is -0.227. The van der Waals surface area contributed by atoms with Gasteiger partial charge in [0.15, 0.2) is 0 Å². The second-order valence-corrected chi connectivity index (χ2v) is 14.0. The number of hydrogen-bond donors (Lipinski definition) is 0. The minimum absolute atomic E-state index is 0.0975. The summed E-state index contributed by atoms with van der Waals surface area (Å²) >= 11 is 6.83. The fourth-order valence-corrected chi connectivity index (χ4v) is 7.26. The molecule has 0 spiro atoms. The van der Waals surface area contributed by atoms with Gasteiger partial charge < -0.3 is 14.4 Å². The number of rotatable bonds is 5. The largest absolute Gasteiger partial charge is 0.469 e. The second-order valence-electron chi connectivity index (χ2n) is 13.6. The molecule has 2 atom stereocenters. The smallest absolute Gasteiger partial charge is 0.312 e. The quantitative estimate of drug-likeness (QED) is 0.439. The maximum absolute atomic E-state index is 13.7. The van der Waals surface area contributed by atoms with Crippen LogP contribution in [0.15, 0.2) is 30.0 Å². The molecule has 1 unspecified atom stereocenters. The molecule has 2 heterocycles. The average molecular weight is 514 g/mol. The lowest BCUT2D eigenvalue weighted by Gasteiger charge is -2.72. The molecule has 1 saturated heterocycles. The second kappa shape index (κ2) is 8.07. The van der Waals surface area contributed by atoms with Crippen molar-refractivity contribution < 1.29 is 19.1 Å². The molecule has 3 aliphatic carbocycles. The van der Waals surface area contributed by atoms with Crippen LogP contribution < -0.4 is 0 Å². The number of ether oxygens (including phenoxy) is 2. The number of methoxy groups -OCH3 is 1. The predicted octanol–water partition coefficient (Wildman–Crippen LogP) is 6.21. The van der Waals surface area contributed by atoms with Gasteiger partial charge in [0.2, 0.25) is 5.91 Å². The van der Waals surface area contributed by atoms with Crippen LogP contribution in [0.2, 0.25) is 5.02 Å². The fourth-order valence-electron chi connectivity index (χ4n) is 6.98. The Hall–Kier alpha value is -1.85. The molecule has 6 rings (SSSR count). The van der Waals surface area contributed by atoms with Crippen LogP contribution in [0.5, 0.6) is 0 Å². The Kier molecular flexibility index (Phi) is 5.78. The van der Waals surface area contributed by atoms with Crippen molar-refractivity contribution in [3.8, 4) is 0 Å². The molecule has 0 radical (unpaired) electrons. The first-order valence-corrected chi connectivity index (χ1v) is 13.6. The van der Waals surface area contributed by atoms with Crippen molar-refractivity contribution >= 4 is 23.5 Å². The van der Waals surface area contributed by atoms with Crippen LogP contribution in [-0.4, -0.2) is 41.6 Å². The molecule has 1 aromatic carbocycles. The number of aryl methyl sites for hydroxylation is 1. The minimum atomic E-state index is -0.529. The maximum atomic E-state index is 13.7. The van der Waals surface area contributed by atoms with Gasteiger partial charge in [-0.05, 0) is 74.1 Å². The third kappa shape index (κ3) is 3.75. The highest BCUT2D eigenvalue weighted by molar-refractivity contribution is 6.31. The molecular formula is C30H40ClNO4. The summed E-state index contributed by atoms with van der Waals surface area (Å²) in [6, 6.07) is 6.36. The van der Waals surface area contributed by atoms with Crippen molar-refractivity contribution in [1.82, 2.24) is 4.90 Å². The van der Waals surface area contributed by atoms with Gasteiger partial charge in [-0.25, -0.2) is 0 Å². The molecule has 2 bridgehead atoms. The summed E-state index contributed by atoms with van der Waals surface area (Å²) in [7, 11) is 1.45. The van der Waals surface area contributed by atoms with Crippen LogP contribution >= 0.6 is 11.6 Å². The molecular weight excluding hydrogens is 474 g/mol. The van der Waals surface area contributed by atoms with Crippen LogP contribution in [0.3, 0.4) is 0 Å². The first kappa shape index (κ1) is 25.8. The van der Waals surface area contributed by atoms with Gasteiger partial charge in [0, 0.05) is 23.6 Å². The summed E-state index contributed by atoms with van der Waals surface area (Å²) in [5, 5.41) is 0.761. The zero-order valence-corrected chi connectivity index (χ0v) is 23.6. The highest BCUT2D eigenvalue weighted by Gasteiger charge is 2.75. The number of amides is 1. The first-order valence-electron chi connectivity index (χ1n) is 13.2. The van der Waals surface area contributed by atoms with Crippen molar-refractivity contribution in [2.75, 3.05) is 13.7 Å². The molecule has 4 fully saturated rings. The van der Waals surface area contributed by atoms with Gasteiger partial charge in [-0.3, -0.25) is 9.59 Å². The van der Waals surface area contributed by atoms with Crippen LogP contribution in [0.25, 0.3) is 0 Å². The zero-order chi connectivity index (χ0) is 26.3. The van der Waals surface area contributed by atoms with E-state index in [0.29, 0.717) is 32.3 Å². The van der Waals surface area contributed by atoms with Gasteiger partial charge in [-0.2, -0.15) is 0 Å². The molecule has 196 valence electrons. The molecule has 0 N–H and O–H groups in total. The molecule has 2 aliphatic heterocycles. The number of esters is 1. The number of fused-ring (bicyclic) bond motifs is 1. The Labute approximate surface area is 220 Å². The topological polar surface area (TPSA) is 55.8 Å². The molecule has 5 aliphatic rings. The number of benzene rings is 1. The van der Waals surface area contributed by atoms with E-state index >= 15 is 0 Å². The number of nitrogens with zero attached hydrogens (tertiary/aromatic N) is 1. The Morgan fingerprint density at radius 1 is 1.22 bits per heavy atom. The summed E-state index contributed by atoms with van der Waals surface area (Å²) in [6.07, 6.45) is 6.52. The van der Waals surface area contributed by atoms with Gasteiger partial charge in [-0.15, -0.1) is 0 Å². The molecule has 0 aromatic heterocycles. The molecule has 5 nitrogen and oxygen atoms in total. The van der Waals surface area contributed by atoms with Gasteiger partial charge in [-0.1, -0.05) is 51.4 Å². The highest BCUT2D eigenvalue weighted by Crippen LogP contribution is 2.71. The Morgan fingerprint density at radius 2 is 1.89 bits per heavy atom. The number of carbonyl (C=O) groups excluding carboxylic acids is 2. The van der Waals surface area contributed by atoms with E-state index in [1.54, 1.807) is 0 Å². The van der Waals surface area contributed by atoms with Gasteiger partial charge in [0.1, 0.15) is 0 Å². The normalized spacial score (nSPS) is 34.8. The number of carbonyl (C=O) groups is 2. The molecule has 6 heteroatoms. The van der Waals surface area contributed by atoms with E-state index in [0.717, 1.165) is 29.0 Å². The monoisotopic (exact) mass is 513 g/mol. The Morgan fingerprint density at radius 3 is 2.47 bits per heavy atom. The first-order chi connectivity index (χ1) is 16.7. The summed E-state index contributed by atoms with van der Waals surface area (Å²) in [6.45, 7) is 13.6. The fraction of sp³-hybridized carbons (Fsp3) is 0.667. The van der Waals surface area contributed by atoms with Crippen molar-refractivity contribution in [2.45, 2.75) is 96.6 Å². The van der Waals surface area contributed by atoms with Crippen molar-refractivity contribution in [1.29, 1.82) is 0 Å². The van der Waals surface area contributed by atoms with E-state index in [-0.39, 0.29) is 39.8 Å². The lowest BCUT2D eigenvalue weighted by atomic mass is 9.38. The standard InChI is InChI=1S/C30H40ClNO4/c1-19-22-14-32(29-15-28(16-29,17-29)25(34)35-7)24(33)13-30(22,18-36-27(19,5)6)21-9-8-20(23(31)12-21)10-11-26(2,3)4/h8-9,12,14,19H,10-11,13,15-18H2,1-7H3/t19?,28?,29?,30-/m1/s1. The van der Waals surface area contributed by atoms with E-state index in [1.165, 1.54) is 12.7 Å². The van der Waals surface area contributed by atoms with E-state index in [1.807, 2.05) is 4.90 Å². The number of hydrogen-bond acceptors (Lipinski definition) is 4. The lowest BCUT2D eigenvalue weighted by Crippen LogP contribution is -2.77. The molecule has 1 amide bonds. The average Bonchev–Trinajstić information content (AvgIpc) is 2.74. The maximum Gasteiger partial charge on any atom is 0.312 e. The van der Waals surface area contributed by atoms with Crippen molar-refractivity contribution in [3.05, 3.63) is 46.1 Å². The Balaban J connectivity index is 1.50. The van der Waals surface area contributed by atoms with Crippen LogP contribution in [0, 0.1) is 16.7 Å². The summed E-state index contributed by atoms with van der Waals surface area (Å²) in [5.41, 5.74) is 2.16. The van der Waals surface area contributed by atoms with Crippen LogP contribution in [0.1, 0.15) is 84.8 Å². The van der Waals surface area contributed by atoms with E-state index < -0.39 is 5.41 Å². The summed E-state index contributed by atoms with van der Waals surface area (Å²) < 4.78 is 11.5. The van der Waals surface area contributed by atoms with E-state index in [4.69, 9.17) is 21.1 Å². The highest BCUT2D eigenvalue weighted by atomic mass is 35.5. The summed E-state index contributed by atoms with van der Waals surface area (Å²) in [4.78, 5) is 28.0. The molecule has 1 aromatic rings. The van der Waals surface area contributed by atoms with Gasteiger partial charge in [0.05, 0.1) is 35.7 Å². The van der Waals surface area contributed by atoms with Gasteiger partial charge >= 0.3 is 5.97 Å². The predicted molar refractivity (Wildman–Crippen MR) is 141 cm³/mol. The summed E-state index contributed by atoms with van der Waals surface area (Å²) in [5.74, 6) is 0.0704. The van der Waals surface area contributed by atoms with Crippen molar-refractivity contribution in [2.24, 2.45) is 16.7 Å². The zero-order valence-electron chi connectivity index (χ0n) is 22.8. The minimum Gasteiger partial charge on any atom is -0.469 e. The van der Waals surface area contributed by atoms with Crippen LogP contribution in [-0.2, 0) is 30.9 Å². The third-order valence-electron chi connectivity index (χ3n) is 9.62. The van der Waals surface area contributed by atoms with Crippen molar-refractivity contribution in [3.63, 3.8) is 0 Å². The van der Waals surface area contributed by atoms with E-state index in [2.05, 4.69) is 65.9 Å². The third-order valence-corrected chi connectivity index (χ3v) is 9.98. The molecule has 36 heavy (non-hydrogen) atoms. The Bertz CT molecular complexity index is 1130. The number of halogens is 1. The molecule has 3 saturated carbocycles. The van der Waals surface area contributed by atoms with E-state index in [9.17, 15) is 9.59 Å². The SMILES string of the molecule is COC(=O)C12CC(N3C=C4C(C)C(C)(C)OC[C@@]4(c4ccc(CCC(C)(C)C)c(Cl)c4)CC3=O)(C1)C2. The van der Waals surface area contributed by atoms with Gasteiger partial charge in [0.25, 0.3) is 0 Å². The van der Waals surface area contributed by atoms with Crippen LogP contribution in [0.4, 0.5) is 0 Å².